The van der Waals surface area contributed by atoms with Crippen molar-refractivity contribution in [3.05, 3.63) is 47.2 Å². The van der Waals surface area contributed by atoms with E-state index in [1.54, 1.807) is 10.9 Å². The molecule has 1 N–H and O–H groups in total. The van der Waals surface area contributed by atoms with Gasteiger partial charge in [-0.05, 0) is 24.6 Å². The van der Waals surface area contributed by atoms with Crippen molar-refractivity contribution < 1.29 is 9.90 Å². The summed E-state index contributed by atoms with van der Waals surface area (Å²) in [4.78, 5) is 12.9. The van der Waals surface area contributed by atoms with Crippen LogP contribution in [0, 0.1) is 0 Å². The maximum Gasteiger partial charge on any atom is 0.320 e. The Morgan fingerprint density at radius 2 is 2.35 bits per heavy atom. The van der Waals surface area contributed by atoms with E-state index in [0.717, 1.165) is 24.2 Å². The summed E-state index contributed by atoms with van der Waals surface area (Å²) in [5.41, 5.74) is 1.89. The van der Waals surface area contributed by atoms with Gasteiger partial charge in [-0.2, -0.15) is 5.10 Å². The first-order valence-corrected chi connectivity index (χ1v) is 6.77. The summed E-state index contributed by atoms with van der Waals surface area (Å²) in [5, 5.41) is 14.0. The van der Waals surface area contributed by atoms with E-state index in [2.05, 4.69) is 5.10 Å². The second-order valence-electron chi connectivity index (χ2n) is 4.89. The Morgan fingerprint density at radius 3 is 3.00 bits per heavy atom. The Hall–Kier alpha value is -1.85. The highest BCUT2D eigenvalue weighted by molar-refractivity contribution is 6.30. The van der Waals surface area contributed by atoms with Crippen LogP contribution in [0.2, 0.25) is 5.02 Å². The lowest BCUT2D eigenvalue weighted by molar-refractivity contribution is -0.148. The number of carboxylic acid groups (broad SMARTS) is 1. The highest BCUT2D eigenvalue weighted by Crippen LogP contribution is 2.21. The second-order valence-corrected chi connectivity index (χ2v) is 5.32. The summed E-state index contributed by atoms with van der Waals surface area (Å²) in [6, 6.07) is 7.08. The van der Waals surface area contributed by atoms with Crippen LogP contribution in [0.1, 0.15) is 12.0 Å². The van der Waals surface area contributed by atoms with Gasteiger partial charge >= 0.3 is 5.97 Å². The number of likely N-dealkylation sites (tertiary alicyclic amines) is 1. The van der Waals surface area contributed by atoms with Crippen molar-refractivity contribution in [1.82, 2.24) is 14.7 Å². The third-order valence-corrected chi connectivity index (χ3v) is 3.75. The van der Waals surface area contributed by atoms with E-state index in [-0.39, 0.29) is 6.04 Å². The Labute approximate surface area is 121 Å². The molecule has 0 aliphatic carbocycles. The third-order valence-electron chi connectivity index (χ3n) is 3.51. The maximum atomic E-state index is 11.0. The summed E-state index contributed by atoms with van der Waals surface area (Å²) in [5.74, 6) is -0.751. The maximum absolute atomic E-state index is 11.0. The molecule has 1 aromatic heterocycles. The molecule has 0 radical (unpaired) electrons. The average Bonchev–Trinajstić information content (AvgIpc) is 2.82. The molecule has 0 saturated carbocycles. The minimum absolute atomic E-state index is 0.357. The fourth-order valence-electron chi connectivity index (χ4n) is 2.35. The van der Waals surface area contributed by atoms with Crippen LogP contribution < -0.4 is 0 Å². The van der Waals surface area contributed by atoms with Crippen LogP contribution in [0.5, 0.6) is 0 Å². The molecule has 0 spiro atoms. The van der Waals surface area contributed by atoms with Gasteiger partial charge in [-0.1, -0.05) is 17.7 Å². The molecule has 104 valence electrons. The first kappa shape index (κ1) is 13.1. The van der Waals surface area contributed by atoms with Gasteiger partial charge in [0, 0.05) is 29.9 Å². The zero-order chi connectivity index (χ0) is 14.1. The predicted molar refractivity (Wildman–Crippen MR) is 75.0 cm³/mol. The third kappa shape index (κ3) is 2.55. The van der Waals surface area contributed by atoms with Crippen molar-refractivity contribution in [1.29, 1.82) is 0 Å². The van der Waals surface area contributed by atoms with E-state index < -0.39 is 5.97 Å². The van der Waals surface area contributed by atoms with Gasteiger partial charge in [0.25, 0.3) is 0 Å². The SMILES string of the molecule is O=C(O)[C@H]1CCN1Cc1cnn(-c2cccc(Cl)c2)c1. The standard InChI is InChI=1S/C14H14ClN3O2/c15-11-2-1-3-12(6-11)18-9-10(7-16-18)8-17-5-4-13(17)14(19)20/h1-3,6-7,9,13H,4-5,8H2,(H,19,20)/t13-/m1/s1. The van der Waals surface area contributed by atoms with E-state index in [1.807, 2.05) is 35.4 Å². The molecule has 6 heteroatoms. The molecule has 20 heavy (non-hydrogen) atoms. The zero-order valence-electron chi connectivity index (χ0n) is 10.7. The number of aliphatic carboxylic acids is 1. The van der Waals surface area contributed by atoms with Crippen LogP contribution in [-0.2, 0) is 11.3 Å². The minimum Gasteiger partial charge on any atom is -0.480 e. The molecule has 1 aromatic carbocycles. The molecule has 2 heterocycles. The quantitative estimate of drug-likeness (QED) is 0.938. The first-order valence-electron chi connectivity index (χ1n) is 6.40. The minimum atomic E-state index is -0.751. The molecule has 0 amide bonds. The summed E-state index contributed by atoms with van der Waals surface area (Å²) < 4.78 is 1.75. The van der Waals surface area contributed by atoms with Crippen molar-refractivity contribution >= 4 is 17.6 Å². The predicted octanol–water partition coefficient (Wildman–Crippen LogP) is 2.18. The van der Waals surface area contributed by atoms with E-state index in [9.17, 15) is 4.79 Å². The van der Waals surface area contributed by atoms with E-state index >= 15 is 0 Å². The molecule has 1 fully saturated rings. The van der Waals surface area contributed by atoms with E-state index in [0.29, 0.717) is 11.6 Å². The van der Waals surface area contributed by atoms with Gasteiger partial charge in [-0.15, -0.1) is 0 Å². The van der Waals surface area contributed by atoms with Crippen molar-refractivity contribution in [2.75, 3.05) is 6.54 Å². The number of carbonyl (C=O) groups is 1. The molecule has 2 aromatic rings. The molecule has 0 bridgehead atoms. The largest absolute Gasteiger partial charge is 0.480 e. The number of halogens is 1. The number of rotatable bonds is 4. The van der Waals surface area contributed by atoms with Crippen LogP contribution in [0.15, 0.2) is 36.7 Å². The summed E-state index contributed by atoms with van der Waals surface area (Å²) in [7, 11) is 0. The molecular weight excluding hydrogens is 278 g/mol. The molecule has 1 aliphatic heterocycles. The average molecular weight is 292 g/mol. The van der Waals surface area contributed by atoms with Crippen molar-refractivity contribution in [2.24, 2.45) is 0 Å². The molecule has 0 unspecified atom stereocenters. The monoisotopic (exact) mass is 291 g/mol. The summed E-state index contributed by atoms with van der Waals surface area (Å²) >= 11 is 5.96. The van der Waals surface area contributed by atoms with Gasteiger partial charge in [-0.3, -0.25) is 9.69 Å². The van der Waals surface area contributed by atoms with Gasteiger partial charge < -0.3 is 5.11 Å². The summed E-state index contributed by atoms with van der Waals surface area (Å²) in [6.07, 6.45) is 4.39. The van der Waals surface area contributed by atoms with Gasteiger partial charge in [-0.25, -0.2) is 4.68 Å². The van der Waals surface area contributed by atoms with Gasteiger partial charge in [0.05, 0.1) is 11.9 Å². The van der Waals surface area contributed by atoms with Crippen LogP contribution in [0.4, 0.5) is 0 Å². The number of carboxylic acids is 1. The molecule has 1 saturated heterocycles. The number of hydrogen-bond donors (Lipinski definition) is 1. The van der Waals surface area contributed by atoms with Gasteiger partial charge in [0.2, 0.25) is 0 Å². The Morgan fingerprint density at radius 1 is 1.50 bits per heavy atom. The van der Waals surface area contributed by atoms with Crippen molar-refractivity contribution in [3.63, 3.8) is 0 Å². The van der Waals surface area contributed by atoms with E-state index in [4.69, 9.17) is 16.7 Å². The molecule has 1 atom stereocenters. The van der Waals surface area contributed by atoms with Crippen LogP contribution in [-0.4, -0.2) is 38.3 Å². The smallest absolute Gasteiger partial charge is 0.320 e. The number of aromatic nitrogens is 2. The number of hydrogen-bond acceptors (Lipinski definition) is 3. The lowest BCUT2D eigenvalue weighted by Gasteiger charge is -2.37. The fourth-order valence-corrected chi connectivity index (χ4v) is 2.53. The lowest BCUT2D eigenvalue weighted by atomic mass is 10.0. The molecule has 3 rings (SSSR count). The number of nitrogens with zero attached hydrogens (tertiary/aromatic N) is 3. The van der Waals surface area contributed by atoms with Crippen LogP contribution >= 0.6 is 11.6 Å². The Kier molecular flexibility index (Phi) is 3.46. The second kappa shape index (κ2) is 5.26. The lowest BCUT2D eigenvalue weighted by Crippen LogP contribution is -2.51. The fraction of sp³-hybridized carbons (Fsp3) is 0.286. The molecular formula is C14H14ClN3O2. The van der Waals surface area contributed by atoms with Crippen LogP contribution in [0.3, 0.4) is 0 Å². The molecule has 1 aliphatic rings. The number of benzene rings is 1. The Balaban J connectivity index is 1.73. The zero-order valence-corrected chi connectivity index (χ0v) is 11.5. The first-order chi connectivity index (χ1) is 9.63. The normalized spacial score (nSPS) is 18.8. The molecule has 5 nitrogen and oxygen atoms in total. The highest BCUT2D eigenvalue weighted by atomic mass is 35.5. The van der Waals surface area contributed by atoms with Gasteiger partial charge in [0.1, 0.15) is 6.04 Å². The van der Waals surface area contributed by atoms with Crippen molar-refractivity contribution in [2.45, 2.75) is 19.0 Å². The Bertz CT molecular complexity index is 641. The summed E-state index contributed by atoms with van der Waals surface area (Å²) in [6.45, 7) is 1.43. The van der Waals surface area contributed by atoms with Crippen LogP contribution in [0.25, 0.3) is 5.69 Å². The highest BCUT2D eigenvalue weighted by Gasteiger charge is 2.33. The topological polar surface area (TPSA) is 58.4 Å². The van der Waals surface area contributed by atoms with Gasteiger partial charge in [0.15, 0.2) is 0 Å². The van der Waals surface area contributed by atoms with Crippen molar-refractivity contribution in [3.8, 4) is 5.69 Å². The van der Waals surface area contributed by atoms with E-state index in [1.165, 1.54) is 0 Å².